The van der Waals surface area contributed by atoms with Crippen LogP contribution in [0.5, 0.6) is 0 Å². The Morgan fingerprint density at radius 2 is 1.10 bits per heavy atom. The van der Waals surface area contributed by atoms with E-state index in [-0.39, 0.29) is 59.7 Å². The van der Waals surface area contributed by atoms with Crippen molar-refractivity contribution in [3.63, 3.8) is 0 Å². The number of anilines is 6. The van der Waals surface area contributed by atoms with Crippen molar-refractivity contribution in [2.24, 2.45) is 5.73 Å². The molecule has 0 aliphatic carbocycles. The number of benzene rings is 5. The Bertz CT molecular complexity index is 3120. The zero-order valence-electron chi connectivity index (χ0n) is 35.3. The van der Waals surface area contributed by atoms with Crippen molar-refractivity contribution in [2.45, 2.75) is 22.6 Å². The molecule has 0 radical (unpaired) electrons. The van der Waals surface area contributed by atoms with Crippen molar-refractivity contribution in [1.29, 1.82) is 0 Å². The number of amides is 1. The van der Waals surface area contributed by atoms with Gasteiger partial charge in [-0.15, -0.1) is 0 Å². The average molecular weight is 947 g/mol. The van der Waals surface area contributed by atoms with Gasteiger partial charge in [0.05, 0.1) is 0 Å². The number of nitrogens with one attached hydrogen (secondary N) is 5. The van der Waals surface area contributed by atoms with E-state index in [1.807, 2.05) is 36.4 Å². The normalized spacial score (nSPS) is 11.6. The van der Waals surface area contributed by atoms with Crippen molar-refractivity contribution in [1.82, 2.24) is 35.2 Å². The third kappa shape index (κ3) is 13.6. The van der Waals surface area contributed by atoms with Gasteiger partial charge in [-0.25, -0.2) is 9.37 Å². The third-order valence-corrected chi connectivity index (χ3v) is 11.4. The molecule has 7 rings (SSSR count). The standard InChI is InChI=1S/C45H43FN12O7S2/c46-34-18-15-33(16-19-34)41(59)48-23-24-50-43-56-44(51-35-9-5-2-6-10-35)58-45(57-43)52-36-20-17-32(38(28-36)67(63,64)65)14-13-31-12-11-30(25-37(31)66(60,61)62)27-40-53-39(26-29-7-3-1-4-8-29)54-42(55-40)49-22-21-47/h1-20,25,28H,21-24,26-27,47H2,(H,48,59)(H,60,61,62)(H,63,64,65)(H,49,53,54,55)(H3,50,51,52,56,57,58)/b14-13+. The van der Waals surface area contributed by atoms with Gasteiger partial charge >= 0.3 is 0 Å². The molecule has 0 aliphatic heterocycles. The number of hydrogen-bond donors (Lipinski definition) is 8. The third-order valence-electron chi connectivity index (χ3n) is 9.53. The molecule has 0 bridgehead atoms. The van der Waals surface area contributed by atoms with E-state index in [4.69, 9.17) is 5.73 Å². The van der Waals surface area contributed by atoms with Crippen LogP contribution in [0.4, 0.5) is 39.6 Å². The first-order valence-corrected chi connectivity index (χ1v) is 23.3. The molecule has 0 saturated heterocycles. The fraction of sp³-hybridized carbons (Fsp3) is 0.133. The molecule has 9 N–H and O–H groups in total. The molecular weight excluding hydrogens is 904 g/mol. The summed E-state index contributed by atoms with van der Waals surface area (Å²) in [7, 11) is -9.71. The van der Waals surface area contributed by atoms with Gasteiger partial charge in [-0.3, -0.25) is 13.9 Å². The molecular formula is C45H43FN12O7S2. The molecule has 67 heavy (non-hydrogen) atoms. The van der Waals surface area contributed by atoms with Gasteiger partial charge in [0.1, 0.15) is 27.3 Å². The van der Waals surface area contributed by atoms with E-state index in [9.17, 15) is 35.1 Å². The van der Waals surface area contributed by atoms with Gasteiger partial charge in [0.15, 0.2) is 0 Å². The maximum absolute atomic E-state index is 13.3. The lowest BCUT2D eigenvalue weighted by atomic mass is 10.1. The van der Waals surface area contributed by atoms with Crippen LogP contribution in [0.1, 0.15) is 44.3 Å². The lowest BCUT2D eigenvalue weighted by Crippen LogP contribution is -2.29. The molecule has 0 atom stereocenters. The number of para-hydroxylation sites is 1. The molecule has 0 fully saturated rings. The van der Waals surface area contributed by atoms with Crippen LogP contribution in [0.15, 0.2) is 131 Å². The Kier molecular flexibility index (Phi) is 15.1. The van der Waals surface area contributed by atoms with E-state index in [0.717, 1.165) is 11.6 Å². The van der Waals surface area contributed by atoms with E-state index < -0.39 is 41.8 Å². The predicted octanol–water partition coefficient (Wildman–Crippen LogP) is 5.74. The summed E-state index contributed by atoms with van der Waals surface area (Å²) in [4.78, 5) is 38.2. The topological polar surface area (TPSA) is 289 Å². The summed E-state index contributed by atoms with van der Waals surface area (Å²) in [6.45, 7) is 1.04. The summed E-state index contributed by atoms with van der Waals surface area (Å²) < 4.78 is 84.9. The SMILES string of the molecule is NCCNc1nc(Cc2ccccc2)nc(Cc2ccc(/C=C/c3ccc(Nc4nc(NCCNC(=O)c5ccc(F)cc5)nc(Nc5ccccc5)n4)cc3S(=O)(=O)O)c(S(=O)(=O)O)c2)n1. The first kappa shape index (κ1) is 47.2. The molecule has 1 amide bonds. The molecule has 0 spiro atoms. The molecule has 19 nitrogen and oxygen atoms in total. The van der Waals surface area contributed by atoms with E-state index >= 15 is 0 Å². The number of halogens is 1. The summed E-state index contributed by atoms with van der Waals surface area (Å²) in [5.74, 6) is 0.353. The summed E-state index contributed by atoms with van der Waals surface area (Å²) in [6.07, 6.45) is 3.03. The second-order valence-electron chi connectivity index (χ2n) is 14.6. The highest BCUT2D eigenvalue weighted by molar-refractivity contribution is 7.86. The Morgan fingerprint density at radius 1 is 0.567 bits per heavy atom. The second kappa shape index (κ2) is 21.5. The average Bonchev–Trinajstić information content (AvgIpc) is 3.29. The maximum atomic E-state index is 13.3. The highest BCUT2D eigenvalue weighted by atomic mass is 32.2. The Morgan fingerprint density at radius 3 is 1.73 bits per heavy atom. The lowest BCUT2D eigenvalue weighted by Gasteiger charge is -2.13. The Balaban J connectivity index is 1.11. The van der Waals surface area contributed by atoms with E-state index in [2.05, 4.69) is 56.5 Å². The van der Waals surface area contributed by atoms with Gasteiger partial charge in [-0.1, -0.05) is 78.9 Å². The van der Waals surface area contributed by atoms with Crippen LogP contribution in [0.3, 0.4) is 0 Å². The highest BCUT2D eigenvalue weighted by Crippen LogP contribution is 2.27. The van der Waals surface area contributed by atoms with Gasteiger partial charge < -0.3 is 32.3 Å². The maximum Gasteiger partial charge on any atom is 0.295 e. The van der Waals surface area contributed by atoms with Gasteiger partial charge in [0, 0.05) is 56.0 Å². The van der Waals surface area contributed by atoms with Crippen LogP contribution in [0, 0.1) is 5.82 Å². The summed E-state index contributed by atoms with van der Waals surface area (Å²) in [5, 5.41) is 14.8. The van der Waals surface area contributed by atoms with Gasteiger partial charge in [0.25, 0.3) is 26.1 Å². The van der Waals surface area contributed by atoms with Crippen molar-refractivity contribution >= 4 is 73.5 Å². The van der Waals surface area contributed by atoms with Crippen LogP contribution in [-0.4, -0.2) is 87.9 Å². The number of nitrogens with two attached hydrogens (primary N) is 1. The molecule has 5 aromatic carbocycles. The first-order chi connectivity index (χ1) is 32.2. The molecule has 0 unspecified atom stereocenters. The number of rotatable bonds is 20. The molecule has 2 aromatic heterocycles. The minimum Gasteiger partial charge on any atom is -0.353 e. The molecule has 0 saturated carbocycles. The molecule has 7 aromatic rings. The van der Waals surface area contributed by atoms with Crippen molar-refractivity contribution in [3.8, 4) is 0 Å². The van der Waals surface area contributed by atoms with E-state index in [0.29, 0.717) is 48.4 Å². The van der Waals surface area contributed by atoms with Gasteiger partial charge in [0.2, 0.25) is 23.8 Å². The van der Waals surface area contributed by atoms with Crippen LogP contribution < -0.4 is 32.3 Å². The molecule has 344 valence electrons. The Labute approximate surface area is 384 Å². The molecule has 2 heterocycles. The number of nitrogens with zero attached hydrogens (tertiary/aromatic N) is 6. The Hall–Kier alpha value is -7.76. The van der Waals surface area contributed by atoms with E-state index in [1.165, 1.54) is 60.7 Å². The molecule has 0 aliphatic rings. The summed E-state index contributed by atoms with van der Waals surface area (Å²) in [5.41, 5.74) is 8.12. The summed E-state index contributed by atoms with van der Waals surface area (Å²) >= 11 is 0. The first-order valence-electron chi connectivity index (χ1n) is 20.4. The van der Waals surface area contributed by atoms with Crippen LogP contribution in [0.2, 0.25) is 0 Å². The number of hydrogen-bond acceptors (Lipinski definition) is 16. The lowest BCUT2D eigenvalue weighted by molar-refractivity contribution is 0.0955. The predicted molar refractivity (Wildman–Crippen MR) is 251 cm³/mol. The minimum atomic E-state index is -4.89. The largest absolute Gasteiger partial charge is 0.353 e. The minimum absolute atomic E-state index is 0.0131. The number of aromatic nitrogens is 6. The number of carbonyl (C=O) groups excluding carboxylic acids is 1. The zero-order chi connectivity index (χ0) is 47.4. The zero-order valence-corrected chi connectivity index (χ0v) is 37.0. The van der Waals surface area contributed by atoms with Crippen LogP contribution >= 0.6 is 0 Å². The number of carbonyl (C=O) groups is 1. The second-order valence-corrected chi connectivity index (χ2v) is 17.3. The van der Waals surface area contributed by atoms with Crippen molar-refractivity contribution in [2.75, 3.05) is 47.4 Å². The summed E-state index contributed by atoms with van der Waals surface area (Å²) in [6, 6.07) is 31.9. The monoisotopic (exact) mass is 946 g/mol. The highest BCUT2D eigenvalue weighted by Gasteiger charge is 2.19. The fourth-order valence-corrected chi connectivity index (χ4v) is 7.90. The van der Waals surface area contributed by atoms with E-state index in [1.54, 1.807) is 30.3 Å². The quantitative estimate of drug-likeness (QED) is 0.0257. The van der Waals surface area contributed by atoms with Crippen LogP contribution in [0.25, 0.3) is 12.2 Å². The fourth-order valence-electron chi connectivity index (χ4n) is 6.45. The smallest absolute Gasteiger partial charge is 0.295 e. The van der Waals surface area contributed by atoms with Crippen molar-refractivity contribution < 1.29 is 35.1 Å². The van der Waals surface area contributed by atoms with Crippen molar-refractivity contribution in [3.05, 3.63) is 167 Å². The molecule has 22 heteroatoms. The van der Waals surface area contributed by atoms with Crippen LogP contribution in [-0.2, 0) is 33.1 Å². The van der Waals surface area contributed by atoms with Gasteiger partial charge in [-0.2, -0.15) is 41.8 Å². The van der Waals surface area contributed by atoms with Gasteiger partial charge in [-0.05, 0) is 76.9 Å².